The number of fused-ring (bicyclic) bond motifs is 1. The fraction of sp³-hybridized carbons (Fsp3) is 0.100. The molecule has 7 nitrogen and oxygen atoms in total. The lowest BCUT2D eigenvalue weighted by atomic mass is 10.1. The highest BCUT2D eigenvalue weighted by molar-refractivity contribution is 5.94. The van der Waals surface area contributed by atoms with E-state index in [0.717, 1.165) is 10.9 Å². The Morgan fingerprint density at radius 2 is 1.85 bits per heavy atom. The lowest BCUT2D eigenvalue weighted by Gasteiger charge is -2.08. The number of hydrogen-bond donors (Lipinski definition) is 2. The zero-order chi connectivity index (χ0) is 18.6. The lowest BCUT2D eigenvalue weighted by molar-refractivity contribution is 0.0950. The number of H-pyrrole nitrogens is 1. The van der Waals surface area contributed by atoms with Gasteiger partial charge in [0.2, 0.25) is 0 Å². The van der Waals surface area contributed by atoms with Gasteiger partial charge in [0.25, 0.3) is 11.5 Å². The van der Waals surface area contributed by atoms with Crippen molar-refractivity contribution >= 4 is 16.7 Å². The molecule has 134 valence electrons. The van der Waals surface area contributed by atoms with E-state index in [9.17, 15) is 9.59 Å². The molecule has 0 saturated carbocycles. The highest BCUT2D eigenvalue weighted by Gasteiger charge is 2.09. The Hall–Kier alpha value is -3.74. The quantitative estimate of drug-likeness (QED) is 0.571. The molecule has 7 heteroatoms. The number of nitrogens with zero attached hydrogens (tertiary/aromatic N) is 3. The molecule has 0 unspecified atom stereocenters. The third-order valence-electron chi connectivity index (χ3n) is 4.33. The van der Waals surface area contributed by atoms with Crippen LogP contribution in [0.5, 0.6) is 0 Å². The van der Waals surface area contributed by atoms with Gasteiger partial charge in [-0.05, 0) is 23.8 Å². The van der Waals surface area contributed by atoms with Crippen molar-refractivity contribution in [3.05, 3.63) is 94.4 Å². The molecule has 27 heavy (non-hydrogen) atoms. The maximum absolute atomic E-state index is 12.4. The van der Waals surface area contributed by atoms with Gasteiger partial charge in [0, 0.05) is 29.9 Å². The van der Waals surface area contributed by atoms with E-state index in [2.05, 4.69) is 20.5 Å². The van der Waals surface area contributed by atoms with Crippen molar-refractivity contribution in [1.29, 1.82) is 0 Å². The first-order valence-electron chi connectivity index (χ1n) is 8.50. The van der Waals surface area contributed by atoms with Crippen LogP contribution in [0.15, 0.2) is 72.0 Å². The molecular formula is C20H17N5O2. The largest absolute Gasteiger partial charge is 0.346 e. The SMILES string of the molecule is O=C(NCc1n[nH]c(=O)c2ccccc12)c1ccc(Cn2ccnc2)cc1. The average molecular weight is 359 g/mol. The minimum Gasteiger partial charge on any atom is -0.346 e. The number of amides is 1. The van der Waals surface area contributed by atoms with Crippen LogP contribution in [0.25, 0.3) is 10.8 Å². The highest BCUT2D eigenvalue weighted by atomic mass is 16.1. The Kier molecular flexibility index (Phi) is 4.49. The minimum absolute atomic E-state index is 0.193. The van der Waals surface area contributed by atoms with Crippen molar-refractivity contribution in [2.24, 2.45) is 0 Å². The van der Waals surface area contributed by atoms with E-state index in [1.807, 2.05) is 35.0 Å². The van der Waals surface area contributed by atoms with E-state index in [4.69, 9.17) is 0 Å². The Balaban J connectivity index is 1.45. The second-order valence-corrected chi connectivity index (χ2v) is 6.16. The van der Waals surface area contributed by atoms with Crippen molar-refractivity contribution in [1.82, 2.24) is 25.1 Å². The second kappa shape index (κ2) is 7.25. The number of carbonyl (C=O) groups is 1. The van der Waals surface area contributed by atoms with E-state index in [1.54, 1.807) is 36.8 Å². The molecule has 4 aromatic rings. The van der Waals surface area contributed by atoms with E-state index in [0.29, 0.717) is 23.2 Å². The van der Waals surface area contributed by atoms with Gasteiger partial charge in [-0.1, -0.05) is 30.3 Å². The van der Waals surface area contributed by atoms with Crippen LogP contribution in [0.1, 0.15) is 21.6 Å². The van der Waals surface area contributed by atoms with Crippen LogP contribution in [0.4, 0.5) is 0 Å². The first-order valence-corrected chi connectivity index (χ1v) is 8.50. The van der Waals surface area contributed by atoms with Gasteiger partial charge in [-0.15, -0.1) is 0 Å². The van der Waals surface area contributed by atoms with Crippen LogP contribution < -0.4 is 10.9 Å². The van der Waals surface area contributed by atoms with Gasteiger partial charge in [0.1, 0.15) is 0 Å². The monoisotopic (exact) mass is 359 g/mol. The van der Waals surface area contributed by atoms with Crippen LogP contribution >= 0.6 is 0 Å². The number of benzene rings is 2. The molecule has 1 amide bonds. The molecule has 0 saturated heterocycles. The molecule has 2 aromatic heterocycles. The van der Waals surface area contributed by atoms with Crippen molar-refractivity contribution in [2.45, 2.75) is 13.1 Å². The fourth-order valence-electron chi connectivity index (χ4n) is 2.92. The molecule has 2 N–H and O–H groups in total. The Labute approximate surface area is 154 Å². The summed E-state index contributed by atoms with van der Waals surface area (Å²) in [5.41, 5.74) is 2.03. The van der Waals surface area contributed by atoms with Crippen LogP contribution in [0.2, 0.25) is 0 Å². The zero-order valence-electron chi connectivity index (χ0n) is 14.4. The number of aromatic amines is 1. The van der Waals surface area contributed by atoms with E-state index in [1.165, 1.54) is 0 Å². The van der Waals surface area contributed by atoms with E-state index >= 15 is 0 Å². The molecule has 0 aliphatic heterocycles. The second-order valence-electron chi connectivity index (χ2n) is 6.16. The third-order valence-corrected chi connectivity index (χ3v) is 4.33. The molecule has 4 rings (SSSR count). The first-order chi connectivity index (χ1) is 13.2. The summed E-state index contributed by atoms with van der Waals surface area (Å²) >= 11 is 0. The van der Waals surface area contributed by atoms with Crippen LogP contribution in [0, 0.1) is 0 Å². The lowest BCUT2D eigenvalue weighted by Crippen LogP contribution is -2.24. The number of hydrogen-bond acceptors (Lipinski definition) is 4. The van der Waals surface area contributed by atoms with Gasteiger partial charge in [-0.3, -0.25) is 9.59 Å². The molecule has 0 aliphatic carbocycles. The first kappa shape index (κ1) is 16.7. The Morgan fingerprint density at radius 3 is 2.59 bits per heavy atom. The van der Waals surface area contributed by atoms with Gasteiger partial charge in [0.05, 0.1) is 24.0 Å². The summed E-state index contributed by atoms with van der Waals surface area (Å²) in [7, 11) is 0. The molecule has 0 spiro atoms. The predicted octanol–water partition coefficient (Wildman–Crippen LogP) is 2.10. The molecule has 0 radical (unpaired) electrons. The molecule has 0 aliphatic rings. The normalized spacial score (nSPS) is 10.8. The number of nitrogens with one attached hydrogen (secondary N) is 2. The Morgan fingerprint density at radius 1 is 1.07 bits per heavy atom. The van der Waals surface area contributed by atoms with Crippen LogP contribution in [-0.4, -0.2) is 25.7 Å². The summed E-state index contributed by atoms with van der Waals surface area (Å²) in [5.74, 6) is -0.193. The topological polar surface area (TPSA) is 92.7 Å². The molecule has 0 bridgehead atoms. The van der Waals surface area contributed by atoms with Crippen LogP contribution in [-0.2, 0) is 13.1 Å². The maximum atomic E-state index is 12.4. The number of carbonyl (C=O) groups excluding carboxylic acids is 1. The van der Waals surface area contributed by atoms with Crippen molar-refractivity contribution in [3.63, 3.8) is 0 Å². The maximum Gasteiger partial charge on any atom is 0.272 e. The predicted molar refractivity (Wildman–Crippen MR) is 101 cm³/mol. The van der Waals surface area contributed by atoms with Crippen molar-refractivity contribution < 1.29 is 4.79 Å². The van der Waals surface area contributed by atoms with Gasteiger partial charge >= 0.3 is 0 Å². The molecule has 0 atom stereocenters. The third kappa shape index (κ3) is 3.62. The summed E-state index contributed by atoms with van der Waals surface area (Å²) < 4.78 is 1.96. The van der Waals surface area contributed by atoms with E-state index < -0.39 is 0 Å². The molecule has 0 fully saturated rings. The zero-order valence-corrected chi connectivity index (χ0v) is 14.4. The summed E-state index contributed by atoms with van der Waals surface area (Å²) in [6.45, 7) is 0.933. The number of aromatic nitrogens is 4. The fourth-order valence-corrected chi connectivity index (χ4v) is 2.92. The molecule has 2 heterocycles. The number of rotatable bonds is 5. The van der Waals surface area contributed by atoms with Crippen molar-refractivity contribution in [3.8, 4) is 0 Å². The van der Waals surface area contributed by atoms with Crippen molar-refractivity contribution in [2.75, 3.05) is 0 Å². The average Bonchev–Trinajstić information content (AvgIpc) is 3.21. The minimum atomic E-state index is -0.242. The van der Waals surface area contributed by atoms with Gasteiger partial charge in [-0.2, -0.15) is 5.10 Å². The number of imidazole rings is 1. The summed E-state index contributed by atoms with van der Waals surface area (Å²) in [6.07, 6.45) is 5.38. The smallest absolute Gasteiger partial charge is 0.272 e. The highest BCUT2D eigenvalue weighted by Crippen LogP contribution is 2.12. The summed E-state index contributed by atoms with van der Waals surface area (Å²) in [4.78, 5) is 28.3. The summed E-state index contributed by atoms with van der Waals surface area (Å²) in [6, 6.07) is 14.6. The Bertz CT molecular complexity index is 1130. The standard InChI is InChI=1S/C20H17N5O2/c26-19(15-7-5-14(6-8-15)12-25-10-9-21-13-25)22-11-18-16-3-1-2-4-17(16)20(27)24-23-18/h1-10,13H,11-12H2,(H,22,26)(H,24,27). The van der Waals surface area contributed by atoms with Crippen LogP contribution in [0.3, 0.4) is 0 Å². The van der Waals surface area contributed by atoms with E-state index in [-0.39, 0.29) is 18.0 Å². The van der Waals surface area contributed by atoms with Gasteiger partial charge < -0.3 is 9.88 Å². The summed E-state index contributed by atoms with van der Waals surface area (Å²) in [5, 5.41) is 10.7. The van der Waals surface area contributed by atoms with Gasteiger partial charge in [-0.25, -0.2) is 10.1 Å². The van der Waals surface area contributed by atoms with Gasteiger partial charge in [0.15, 0.2) is 0 Å². The molecular weight excluding hydrogens is 342 g/mol. The molecule has 2 aromatic carbocycles.